The molecule has 0 radical (unpaired) electrons. The summed E-state index contributed by atoms with van der Waals surface area (Å²) < 4.78 is 4.60. The molecule has 0 spiro atoms. The van der Waals surface area contributed by atoms with Crippen LogP contribution in [0.1, 0.15) is 36.1 Å². The van der Waals surface area contributed by atoms with Crippen molar-refractivity contribution in [1.29, 1.82) is 0 Å². The number of esters is 1. The molecule has 0 aliphatic heterocycles. The lowest BCUT2D eigenvalue weighted by Crippen LogP contribution is -2.15. The van der Waals surface area contributed by atoms with Crippen LogP contribution in [-0.4, -0.2) is 18.2 Å². The Morgan fingerprint density at radius 2 is 2.00 bits per heavy atom. The fourth-order valence-corrected chi connectivity index (χ4v) is 1.73. The van der Waals surface area contributed by atoms with Crippen molar-refractivity contribution >= 4 is 5.97 Å². The molecule has 0 aliphatic rings. The summed E-state index contributed by atoms with van der Waals surface area (Å²) in [5.74, 6) is -0.440. The van der Waals surface area contributed by atoms with Gasteiger partial charge < -0.3 is 9.84 Å². The van der Waals surface area contributed by atoms with Crippen LogP contribution in [0.5, 0.6) is 0 Å². The third-order valence-electron chi connectivity index (χ3n) is 3.13. The fraction of sp³-hybridized carbons (Fsp3) is 0.500. The van der Waals surface area contributed by atoms with E-state index in [0.29, 0.717) is 0 Å². The molecule has 3 heteroatoms. The molecule has 3 nitrogen and oxygen atoms in total. The molecular weight excluding hydrogens is 216 g/mol. The van der Waals surface area contributed by atoms with Gasteiger partial charge in [-0.1, -0.05) is 25.1 Å². The Balaban J connectivity index is 2.77. The van der Waals surface area contributed by atoms with E-state index in [9.17, 15) is 9.90 Å². The Morgan fingerprint density at radius 1 is 1.35 bits per heavy atom. The van der Waals surface area contributed by atoms with Gasteiger partial charge in [0, 0.05) is 0 Å². The number of aryl methyl sites for hydroxylation is 2. The average molecular weight is 236 g/mol. The summed E-state index contributed by atoms with van der Waals surface area (Å²) >= 11 is 0. The SMILES string of the molecule is COC(=O)CC(C)C(O)c1ccc(C)c(C)c1. The number of hydrogen-bond donors (Lipinski definition) is 1. The lowest BCUT2D eigenvalue weighted by atomic mass is 9.93. The van der Waals surface area contributed by atoms with Gasteiger partial charge >= 0.3 is 5.97 Å². The van der Waals surface area contributed by atoms with Crippen molar-refractivity contribution in [3.05, 3.63) is 34.9 Å². The largest absolute Gasteiger partial charge is 0.469 e. The molecular formula is C14H20O3. The van der Waals surface area contributed by atoms with Crippen LogP contribution in [0.15, 0.2) is 18.2 Å². The van der Waals surface area contributed by atoms with Gasteiger partial charge in [-0.2, -0.15) is 0 Å². The zero-order valence-corrected chi connectivity index (χ0v) is 10.9. The predicted molar refractivity (Wildman–Crippen MR) is 66.7 cm³/mol. The standard InChI is InChI=1S/C14H20O3/c1-9-5-6-12(7-10(9)2)14(16)11(3)8-13(15)17-4/h5-7,11,14,16H,8H2,1-4H3. The van der Waals surface area contributed by atoms with E-state index in [1.54, 1.807) is 0 Å². The van der Waals surface area contributed by atoms with Crippen LogP contribution in [0.25, 0.3) is 0 Å². The van der Waals surface area contributed by atoms with Crippen LogP contribution in [-0.2, 0) is 9.53 Å². The molecule has 1 aromatic carbocycles. The first kappa shape index (κ1) is 13.7. The molecule has 1 N–H and O–H groups in total. The van der Waals surface area contributed by atoms with E-state index in [1.165, 1.54) is 12.7 Å². The van der Waals surface area contributed by atoms with Crippen molar-refractivity contribution in [3.63, 3.8) is 0 Å². The lowest BCUT2D eigenvalue weighted by molar-refractivity contribution is -0.142. The van der Waals surface area contributed by atoms with Crippen LogP contribution in [0, 0.1) is 19.8 Å². The molecule has 2 unspecified atom stereocenters. The molecule has 0 heterocycles. The summed E-state index contributed by atoms with van der Waals surface area (Å²) in [5, 5.41) is 10.1. The number of aliphatic hydroxyl groups excluding tert-OH is 1. The summed E-state index contributed by atoms with van der Waals surface area (Å²) in [6.07, 6.45) is -0.404. The quantitative estimate of drug-likeness (QED) is 0.817. The number of benzene rings is 1. The molecule has 0 saturated carbocycles. The summed E-state index contributed by atoms with van der Waals surface area (Å²) in [4.78, 5) is 11.1. The zero-order chi connectivity index (χ0) is 13.0. The minimum atomic E-state index is -0.631. The van der Waals surface area contributed by atoms with E-state index in [-0.39, 0.29) is 18.3 Å². The van der Waals surface area contributed by atoms with E-state index >= 15 is 0 Å². The topological polar surface area (TPSA) is 46.5 Å². The smallest absolute Gasteiger partial charge is 0.305 e. The van der Waals surface area contributed by atoms with Crippen molar-refractivity contribution in [2.45, 2.75) is 33.3 Å². The number of carbonyl (C=O) groups is 1. The molecule has 1 aromatic rings. The Labute approximate surface area is 102 Å². The molecule has 0 aromatic heterocycles. The molecule has 0 aliphatic carbocycles. The third-order valence-corrected chi connectivity index (χ3v) is 3.13. The van der Waals surface area contributed by atoms with Crippen molar-refractivity contribution in [3.8, 4) is 0 Å². The van der Waals surface area contributed by atoms with Gasteiger partial charge in [-0.05, 0) is 36.5 Å². The summed E-state index contributed by atoms with van der Waals surface area (Å²) in [6, 6.07) is 5.85. The first-order chi connectivity index (χ1) is 7.95. The number of hydrogen-bond acceptors (Lipinski definition) is 3. The highest BCUT2D eigenvalue weighted by atomic mass is 16.5. The molecule has 94 valence electrons. The van der Waals surface area contributed by atoms with Gasteiger partial charge in [0.05, 0.1) is 19.6 Å². The maximum absolute atomic E-state index is 11.1. The molecule has 0 bridgehead atoms. The van der Waals surface area contributed by atoms with Crippen LogP contribution in [0.2, 0.25) is 0 Å². The van der Waals surface area contributed by atoms with Gasteiger partial charge in [-0.3, -0.25) is 4.79 Å². The third kappa shape index (κ3) is 3.56. The Bertz CT molecular complexity index is 398. The van der Waals surface area contributed by atoms with Crippen molar-refractivity contribution < 1.29 is 14.6 Å². The second kappa shape index (κ2) is 5.82. The monoisotopic (exact) mass is 236 g/mol. The first-order valence-corrected chi connectivity index (χ1v) is 5.77. The van der Waals surface area contributed by atoms with Gasteiger partial charge in [-0.25, -0.2) is 0 Å². The average Bonchev–Trinajstić information content (AvgIpc) is 2.31. The summed E-state index contributed by atoms with van der Waals surface area (Å²) in [7, 11) is 1.36. The van der Waals surface area contributed by atoms with Crippen molar-refractivity contribution in [2.75, 3.05) is 7.11 Å². The zero-order valence-electron chi connectivity index (χ0n) is 10.9. The highest BCUT2D eigenvalue weighted by Crippen LogP contribution is 2.26. The summed E-state index contributed by atoms with van der Waals surface area (Å²) in [5.41, 5.74) is 3.19. The normalized spacial score (nSPS) is 14.2. The first-order valence-electron chi connectivity index (χ1n) is 5.77. The second-order valence-electron chi connectivity index (χ2n) is 4.55. The van der Waals surface area contributed by atoms with Gasteiger partial charge in [0.1, 0.15) is 0 Å². The van der Waals surface area contributed by atoms with Crippen LogP contribution in [0.3, 0.4) is 0 Å². The predicted octanol–water partition coefficient (Wildman–Crippen LogP) is 2.54. The Hall–Kier alpha value is -1.35. The van der Waals surface area contributed by atoms with E-state index in [0.717, 1.165) is 11.1 Å². The highest BCUT2D eigenvalue weighted by molar-refractivity contribution is 5.69. The maximum atomic E-state index is 11.1. The van der Waals surface area contributed by atoms with Crippen LogP contribution >= 0.6 is 0 Å². The Morgan fingerprint density at radius 3 is 2.53 bits per heavy atom. The van der Waals surface area contributed by atoms with E-state index in [4.69, 9.17) is 0 Å². The summed E-state index contributed by atoms with van der Waals surface area (Å²) in [6.45, 7) is 5.89. The number of aliphatic hydroxyl groups is 1. The van der Waals surface area contributed by atoms with Gasteiger partial charge in [-0.15, -0.1) is 0 Å². The maximum Gasteiger partial charge on any atom is 0.305 e. The second-order valence-corrected chi connectivity index (χ2v) is 4.55. The van der Waals surface area contributed by atoms with Crippen molar-refractivity contribution in [2.24, 2.45) is 5.92 Å². The molecule has 1 rings (SSSR count). The fourth-order valence-electron chi connectivity index (χ4n) is 1.73. The molecule has 0 fully saturated rings. The molecule has 0 saturated heterocycles. The minimum absolute atomic E-state index is 0.149. The van der Waals surface area contributed by atoms with Gasteiger partial charge in [0.15, 0.2) is 0 Å². The number of ether oxygens (including phenoxy) is 1. The molecule has 2 atom stereocenters. The van der Waals surface area contributed by atoms with Crippen LogP contribution < -0.4 is 0 Å². The number of carbonyl (C=O) groups excluding carboxylic acids is 1. The van der Waals surface area contributed by atoms with Crippen LogP contribution in [0.4, 0.5) is 0 Å². The highest BCUT2D eigenvalue weighted by Gasteiger charge is 2.20. The van der Waals surface area contributed by atoms with E-state index in [2.05, 4.69) is 4.74 Å². The minimum Gasteiger partial charge on any atom is -0.469 e. The lowest BCUT2D eigenvalue weighted by Gasteiger charge is -2.19. The number of methoxy groups -OCH3 is 1. The van der Waals surface area contributed by atoms with Gasteiger partial charge in [0.2, 0.25) is 0 Å². The molecule has 0 amide bonds. The van der Waals surface area contributed by atoms with E-state index in [1.807, 2.05) is 39.0 Å². The molecule has 17 heavy (non-hydrogen) atoms. The Kier molecular flexibility index (Phi) is 4.70. The van der Waals surface area contributed by atoms with Crippen molar-refractivity contribution in [1.82, 2.24) is 0 Å². The van der Waals surface area contributed by atoms with Gasteiger partial charge in [0.25, 0.3) is 0 Å². The number of rotatable bonds is 4. The van der Waals surface area contributed by atoms with E-state index < -0.39 is 6.10 Å².